The molecule has 4 rings (SSSR count). The number of piperidine rings is 1. The molecule has 7 heteroatoms. The van der Waals surface area contributed by atoms with Crippen LogP contribution in [0.15, 0.2) is 36.1 Å². The maximum absolute atomic E-state index is 12.7. The van der Waals surface area contributed by atoms with Crippen molar-refractivity contribution in [3.63, 3.8) is 0 Å². The molecule has 1 saturated heterocycles. The molecular weight excluding hydrogens is 334 g/mol. The number of nitrogens with zero attached hydrogens (tertiary/aromatic N) is 4. The summed E-state index contributed by atoms with van der Waals surface area (Å²) in [6.45, 7) is 3.46. The Morgan fingerprint density at radius 3 is 2.84 bits per heavy atom. The van der Waals surface area contributed by atoms with Crippen LogP contribution in [-0.2, 0) is 0 Å². The zero-order chi connectivity index (χ0) is 17.2. The predicted molar refractivity (Wildman–Crippen MR) is 98.9 cm³/mol. The second-order valence-corrected chi connectivity index (χ2v) is 7.18. The molecular formula is C18H19N5OS. The van der Waals surface area contributed by atoms with Crippen LogP contribution < -0.4 is 5.32 Å². The monoisotopic (exact) mass is 353 g/mol. The summed E-state index contributed by atoms with van der Waals surface area (Å²) in [6, 6.07) is 8.02. The van der Waals surface area contributed by atoms with Gasteiger partial charge in [-0.25, -0.2) is 15.0 Å². The van der Waals surface area contributed by atoms with Crippen molar-refractivity contribution in [1.29, 1.82) is 0 Å². The molecule has 1 N–H and O–H groups in total. The molecule has 25 heavy (non-hydrogen) atoms. The summed E-state index contributed by atoms with van der Waals surface area (Å²) in [4.78, 5) is 27.3. The van der Waals surface area contributed by atoms with Crippen molar-refractivity contribution in [1.82, 2.24) is 19.9 Å². The lowest BCUT2D eigenvalue weighted by molar-refractivity contribution is 0.0718. The highest BCUT2D eigenvalue weighted by Gasteiger charge is 2.24. The van der Waals surface area contributed by atoms with Crippen molar-refractivity contribution in [3.05, 3.63) is 47.4 Å². The van der Waals surface area contributed by atoms with Gasteiger partial charge in [0, 0.05) is 36.5 Å². The zero-order valence-electron chi connectivity index (χ0n) is 14.0. The lowest BCUT2D eigenvalue weighted by atomic mass is 10.0. The Morgan fingerprint density at radius 1 is 1.20 bits per heavy atom. The van der Waals surface area contributed by atoms with Crippen LogP contribution in [0.2, 0.25) is 0 Å². The van der Waals surface area contributed by atoms with E-state index in [4.69, 9.17) is 0 Å². The molecule has 1 amide bonds. The molecule has 6 nitrogen and oxygen atoms in total. The summed E-state index contributed by atoms with van der Waals surface area (Å²) in [5, 5.41) is 3.45. The van der Waals surface area contributed by atoms with Crippen LogP contribution in [0, 0.1) is 6.92 Å². The Kier molecular flexibility index (Phi) is 4.31. The normalized spacial score (nSPS) is 15.5. The number of nitrogens with one attached hydrogen (secondary N) is 1. The summed E-state index contributed by atoms with van der Waals surface area (Å²) in [5.41, 5.74) is 4.45. The van der Waals surface area contributed by atoms with Gasteiger partial charge in [0.25, 0.3) is 5.91 Å². The molecule has 0 unspecified atom stereocenters. The lowest BCUT2D eigenvalue weighted by Crippen LogP contribution is -2.42. The quantitative estimate of drug-likeness (QED) is 0.783. The number of hydrogen-bond acceptors (Lipinski definition) is 6. The van der Waals surface area contributed by atoms with Gasteiger partial charge in [0.15, 0.2) is 0 Å². The van der Waals surface area contributed by atoms with Crippen LogP contribution in [0.3, 0.4) is 0 Å². The van der Waals surface area contributed by atoms with Crippen molar-refractivity contribution in [2.75, 3.05) is 18.4 Å². The second-order valence-electron chi connectivity index (χ2n) is 6.29. The van der Waals surface area contributed by atoms with E-state index in [1.54, 1.807) is 17.7 Å². The van der Waals surface area contributed by atoms with E-state index in [1.807, 2.05) is 41.6 Å². The molecule has 0 spiro atoms. The smallest absolute Gasteiger partial charge is 0.253 e. The number of rotatable bonds is 3. The van der Waals surface area contributed by atoms with E-state index >= 15 is 0 Å². The van der Waals surface area contributed by atoms with E-state index in [1.165, 1.54) is 0 Å². The molecule has 3 heterocycles. The van der Waals surface area contributed by atoms with Gasteiger partial charge in [0.2, 0.25) is 0 Å². The molecule has 1 aliphatic heterocycles. The number of thiazole rings is 1. The van der Waals surface area contributed by atoms with Gasteiger partial charge in [0.1, 0.15) is 12.1 Å². The molecule has 2 aromatic heterocycles. The number of likely N-dealkylation sites (tertiary alicyclic amines) is 1. The van der Waals surface area contributed by atoms with Crippen LogP contribution in [0.25, 0.3) is 10.2 Å². The fourth-order valence-corrected chi connectivity index (χ4v) is 3.86. The van der Waals surface area contributed by atoms with Crippen molar-refractivity contribution < 1.29 is 4.79 Å². The first kappa shape index (κ1) is 16.0. The molecule has 1 aromatic carbocycles. The van der Waals surface area contributed by atoms with Crippen molar-refractivity contribution in [2.45, 2.75) is 25.8 Å². The number of carbonyl (C=O) groups excluding carboxylic acids is 1. The summed E-state index contributed by atoms with van der Waals surface area (Å²) >= 11 is 1.56. The third-order valence-corrected chi connectivity index (χ3v) is 5.31. The van der Waals surface area contributed by atoms with Crippen LogP contribution >= 0.6 is 11.3 Å². The van der Waals surface area contributed by atoms with Crippen LogP contribution in [-0.4, -0.2) is 44.9 Å². The van der Waals surface area contributed by atoms with Gasteiger partial charge in [-0.05, 0) is 38.0 Å². The van der Waals surface area contributed by atoms with E-state index in [-0.39, 0.29) is 5.91 Å². The largest absolute Gasteiger partial charge is 0.367 e. The van der Waals surface area contributed by atoms with Crippen molar-refractivity contribution in [3.8, 4) is 0 Å². The molecule has 0 saturated carbocycles. The average Bonchev–Trinajstić information content (AvgIpc) is 3.09. The number of aryl methyl sites for hydroxylation is 1. The maximum atomic E-state index is 12.7. The first-order chi connectivity index (χ1) is 12.2. The summed E-state index contributed by atoms with van der Waals surface area (Å²) in [5.74, 6) is 0.958. The number of benzene rings is 1. The molecule has 128 valence electrons. The van der Waals surface area contributed by atoms with E-state index in [0.29, 0.717) is 6.04 Å². The Bertz CT molecular complexity index is 901. The highest BCUT2D eigenvalue weighted by atomic mass is 32.1. The highest BCUT2D eigenvalue weighted by Crippen LogP contribution is 2.22. The standard InChI is InChI=1S/C18H19N5OS/c1-12-8-17(20-10-19-12)22-14-4-6-23(7-5-14)18(24)13-2-3-15-16(9-13)25-11-21-15/h2-3,8-11,14H,4-7H2,1H3,(H,19,20,22). The summed E-state index contributed by atoms with van der Waals surface area (Å²) in [7, 11) is 0. The average molecular weight is 353 g/mol. The van der Waals surface area contributed by atoms with Gasteiger partial charge in [-0.15, -0.1) is 11.3 Å². The van der Waals surface area contributed by atoms with Gasteiger partial charge in [-0.3, -0.25) is 4.79 Å². The van der Waals surface area contributed by atoms with Crippen LogP contribution in [0.5, 0.6) is 0 Å². The Morgan fingerprint density at radius 2 is 2.04 bits per heavy atom. The van der Waals surface area contributed by atoms with Gasteiger partial charge in [0.05, 0.1) is 15.7 Å². The number of fused-ring (bicyclic) bond motifs is 1. The number of aromatic nitrogens is 3. The van der Waals surface area contributed by atoms with E-state index in [0.717, 1.165) is 53.2 Å². The third kappa shape index (κ3) is 3.46. The highest BCUT2D eigenvalue weighted by molar-refractivity contribution is 7.16. The Labute approximate surface area is 149 Å². The summed E-state index contributed by atoms with van der Waals surface area (Å²) < 4.78 is 1.06. The minimum atomic E-state index is 0.103. The first-order valence-corrected chi connectivity index (χ1v) is 9.25. The van der Waals surface area contributed by atoms with Crippen LogP contribution in [0.1, 0.15) is 28.9 Å². The van der Waals surface area contributed by atoms with E-state index < -0.39 is 0 Å². The summed E-state index contributed by atoms with van der Waals surface area (Å²) in [6.07, 6.45) is 3.40. The molecule has 0 aliphatic carbocycles. The molecule has 1 fully saturated rings. The van der Waals surface area contributed by atoms with E-state index in [9.17, 15) is 4.79 Å². The molecule has 3 aromatic rings. The third-order valence-electron chi connectivity index (χ3n) is 4.52. The minimum absolute atomic E-state index is 0.103. The Hall–Kier alpha value is -2.54. The van der Waals surface area contributed by atoms with Gasteiger partial charge in [-0.2, -0.15) is 0 Å². The van der Waals surface area contributed by atoms with E-state index in [2.05, 4.69) is 20.3 Å². The predicted octanol–water partition coefficient (Wildman–Crippen LogP) is 3.11. The first-order valence-electron chi connectivity index (χ1n) is 8.37. The van der Waals surface area contributed by atoms with Crippen LogP contribution in [0.4, 0.5) is 5.82 Å². The van der Waals surface area contributed by atoms with Gasteiger partial charge >= 0.3 is 0 Å². The lowest BCUT2D eigenvalue weighted by Gasteiger charge is -2.32. The molecule has 0 atom stereocenters. The van der Waals surface area contributed by atoms with Gasteiger partial charge in [-0.1, -0.05) is 0 Å². The number of anilines is 1. The fourth-order valence-electron chi connectivity index (χ4n) is 3.14. The molecule has 0 radical (unpaired) electrons. The maximum Gasteiger partial charge on any atom is 0.253 e. The fraction of sp³-hybridized carbons (Fsp3) is 0.333. The Balaban J connectivity index is 1.38. The minimum Gasteiger partial charge on any atom is -0.367 e. The molecule has 1 aliphatic rings. The SMILES string of the molecule is Cc1cc(NC2CCN(C(=O)c3ccc4ncsc4c3)CC2)ncn1. The number of carbonyl (C=O) groups is 1. The number of amides is 1. The number of hydrogen-bond donors (Lipinski definition) is 1. The topological polar surface area (TPSA) is 71.0 Å². The molecule has 0 bridgehead atoms. The second kappa shape index (κ2) is 6.76. The van der Waals surface area contributed by atoms with Gasteiger partial charge < -0.3 is 10.2 Å². The van der Waals surface area contributed by atoms with Crippen molar-refractivity contribution >= 4 is 33.3 Å². The zero-order valence-corrected chi connectivity index (χ0v) is 14.8. The van der Waals surface area contributed by atoms with Crippen molar-refractivity contribution in [2.24, 2.45) is 0 Å².